The number of likely N-dealkylation sites (N-methyl/N-ethyl adjacent to an activating group) is 1. The van der Waals surface area contributed by atoms with Crippen LogP contribution in [0.5, 0.6) is 0 Å². The first kappa shape index (κ1) is 13.4. The molecule has 0 radical (unpaired) electrons. The van der Waals surface area contributed by atoms with E-state index >= 15 is 0 Å². The quantitative estimate of drug-likeness (QED) is 0.864. The SMILES string of the molecule is CCNC1CCCC1c1ccccc1C(F)(F)F. The summed E-state index contributed by atoms with van der Waals surface area (Å²) in [4.78, 5) is 0. The summed E-state index contributed by atoms with van der Waals surface area (Å²) in [6.07, 6.45) is -1.46. The first-order valence-corrected chi connectivity index (χ1v) is 6.43. The number of alkyl halides is 3. The van der Waals surface area contributed by atoms with Crippen molar-refractivity contribution >= 4 is 0 Å². The molecule has 2 rings (SSSR count). The minimum Gasteiger partial charge on any atom is -0.314 e. The van der Waals surface area contributed by atoms with Crippen molar-refractivity contribution in [2.75, 3.05) is 6.54 Å². The summed E-state index contributed by atoms with van der Waals surface area (Å²) in [6.45, 7) is 2.79. The fourth-order valence-corrected chi connectivity index (χ4v) is 2.92. The van der Waals surface area contributed by atoms with Gasteiger partial charge in [-0.15, -0.1) is 0 Å². The minimum absolute atomic E-state index is 0.0113. The largest absolute Gasteiger partial charge is 0.416 e. The van der Waals surface area contributed by atoms with Gasteiger partial charge >= 0.3 is 6.18 Å². The Morgan fingerprint density at radius 1 is 1.22 bits per heavy atom. The maximum Gasteiger partial charge on any atom is 0.416 e. The number of halogens is 3. The number of rotatable bonds is 3. The average molecular weight is 257 g/mol. The summed E-state index contributed by atoms with van der Waals surface area (Å²) in [7, 11) is 0. The van der Waals surface area contributed by atoms with E-state index in [2.05, 4.69) is 5.32 Å². The van der Waals surface area contributed by atoms with Crippen molar-refractivity contribution in [3.8, 4) is 0 Å². The summed E-state index contributed by atoms with van der Waals surface area (Å²) in [5.74, 6) is -0.0113. The first-order chi connectivity index (χ1) is 8.54. The van der Waals surface area contributed by atoms with E-state index in [-0.39, 0.29) is 12.0 Å². The molecule has 0 aliphatic heterocycles. The van der Waals surface area contributed by atoms with Gasteiger partial charge in [-0.3, -0.25) is 0 Å². The summed E-state index contributed by atoms with van der Waals surface area (Å²) in [5, 5.41) is 3.30. The normalized spacial score (nSPS) is 24.4. The molecule has 2 unspecified atom stereocenters. The molecule has 1 nitrogen and oxygen atoms in total. The van der Waals surface area contributed by atoms with E-state index in [1.807, 2.05) is 6.92 Å². The molecule has 1 aromatic rings. The van der Waals surface area contributed by atoms with Crippen LogP contribution in [-0.2, 0) is 6.18 Å². The van der Waals surface area contributed by atoms with Crippen LogP contribution >= 0.6 is 0 Å². The standard InChI is InChI=1S/C14H18F3N/c1-2-18-13-9-5-7-11(13)10-6-3-4-8-12(10)14(15,16)17/h3-4,6,8,11,13,18H,2,5,7,9H2,1H3. The highest BCUT2D eigenvalue weighted by molar-refractivity contribution is 5.34. The van der Waals surface area contributed by atoms with Crippen molar-refractivity contribution in [1.82, 2.24) is 5.32 Å². The molecule has 0 spiro atoms. The van der Waals surface area contributed by atoms with E-state index in [0.717, 1.165) is 25.8 Å². The fourth-order valence-electron chi connectivity index (χ4n) is 2.92. The molecule has 1 aromatic carbocycles. The Morgan fingerprint density at radius 2 is 1.94 bits per heavy atom. The minimum atomic E-state index is -4.25. The molecule has 1 aliphatic rings. The summed E-state index contributed by atoms with van der Waals surface area (Å²) >= 11 is 0. The maximum atomic E-state index is 13.0. The van der Waals surface area contributed by atoms with Crippen LogP contribution < -0.4 is 5.32 Å². The summed E-state index contributed by atoms with van der Waals surface area (Å²) in [6, 6.07) is 6.16. The molecular formula is C14H18F3N. The predicted octanol–water partition coefficient (Wildman–Crippen LogP) is 3.95. The number of benzene rings is 1. The third kappa shape index (κ3) is 2.69. The predicted molar refractivity (Wildman–Crippen MR) is 65.5 cm³/mol. The third-order valence-corrected chi connectivity index (χ3v) is 3.65. The molecule has 0 heterocycles. The summed E-state index contributed by atoms with van der Waals surface area (Å²) in [5.41, 5.74) is -0.0201. The Hall–Kier alpha value is -1.03. The number of hydrogen-bond acceptors (Lipinski definition) is 1. The average Bonchev–Trinajstić information content (AvgIpc) is 2.77. The van der Waals surface area contributed by atoms with Crippen molar-refractivity contribution in [1.29, 1.82) is 0 Å². The van der Waals surface area contributed by atoms with Crippen molar-refractivity contribution in [2.24, 2.45) is 0 Å². The molecule has 1 saturated carbocycles. The van der Waals surface area contributed by atoms with Crippen LogP contribution in [0.15, 0.2) is 24.3 Å². The molecule has 0 aromatic heterocycles. The Kier molecular flexibility index (Phi) is 3.95. The van der Waals surface area contributed by atoms with E-state index in [4.69, 9.17) is 0 Å². The van der Waals surface area contributed by atoms with Gasteiger partial charge in [-0.1, -0.05) is 31.5 Å². The summed E-state index contributed by atoms with van der Waals surface area (Å²) < 4.78 is 39.0. The van der Waals surface area contributed by atoms with Gasteiger partial charge in [-0.25, -0.2) is 0 Å². The number of nitrogens with one attached hydrogen (secondary N) is 1. The van der Waals surface area contributed by atoms with Gasteiger partial charge in [0, 0.05) is 6.04 Å². The van der Waals surface area contributed by atoms with Crippen LogP contribution in [-0.4, -0.2) is 12.6 Å². The lowest BCUT2D eigenvalue weighted by atomic mass is 9.90. The lowest BCUT2D eigenvalue weighted by Crippen LogP contribution is -2.31. The monoisotopic (exact) mass is 257 g/mol. The maximum absolute atomic E-state index is 13.0. The molecular weight excluding hydrogens is 239 g/mol. The second-order valence-corrected chi connectivity index (χ2v) is 4.79. The molecule has 100 valence electrons. The molecule has 0 saturated heterocycles. The molecule has 2 atom stereocenters. The van der Waals surface area contributed by atoms with E-state index in [1.54, 1.807) is 12.1 Å². The highest BCUT2D eigenvalue weighted by Gasteiger charge is 2.38. The van der Waals surface area contributed by atoms with Crippen LogP contribution in [0, 0.1) is 0 Å². The lowest BCUT2D eigenvalue weighted by Gasteiger charge is -2.24. The lowest BCUT2D eigenvalue weighted by molar-refractivity contribution is -0.138. The first-order valence-electron chi connectivity index (χ1n) is 6.43. The van der Waals surface area contributed by atoms with Gasteiger partial charge in [0.1, 0.15) is 0 Å². The molecule has 0 amide bonds. The zero-order chi connectivity index (χ0) is 13.2. The van der Waals surface area contributed by atoms with Crippen LogP contribution in [0.3, 0.4) is 0 Å². The molecule has 18 heavy (non-hydrogen) atoms. The third-order valence-electron chi connectivity index (χ3n) is 3.65. The Morgan fingerprint density at radius 3 is 2.61 bits per heavy atom. The Balaban J connectivity index is 2.33. The molecule has 1 fully saturated rings. The van der Waals surface area contributed by atoms with Gasteiger partial charge < -0.3 is 5.32 Å². The van der Waals surface area contributed by atoms with Gasteiger partial charge in [0.15, 0.2) is 0 Å². The van der Waals surface area contributed by atoms with Crippen LogP contribution in [0.1, 0.15) is 43.2 Å². The molecule has 1 N–H and O–H groups in total. The second kappa shape index (κ2) is 5.31. The highest BCUT2D eigenvalue weighted by Crippen LogP contribution is 2.41. The van der Waals surface area contributed by atoms with E-state index in [0.29, 0.717) is 5.56 Å². The van der Waals surface area contributed by atoms with Crippen molar-refractivity contribution in [2.45, 2.75) is 44.3 Å². The van der Waals surface area contributed by atoms with Crippen molar-refractivity contribution in [3.05, 3.63) is 35.4 Å². The van der Waals surface area contributed by atoms with E-state index < -0.39 is 11.7 Å². The van der Waals surface area contributed by atoms with Crippen LogP contribution in [0.4, 0.5) is 13.2 Å². The van der Waals surface area contributed by atoms with Gasteiger partial charge in [-0.2, -0.15) is 13.2 Å². The van der Waals surface area contributed by atoms with E-state index in [9.17, 15) is 13.2 Å². The molecule has 4 heteroatoms. The Labute approximate surface area is 105 Å². The fraction of sp³-hybridized carbons (Fsp3) is 0.571. The topological polar surface area (TPSA) is 12.0 Å². The van der Waals surface area contributed by atoms with E-state index in [1.165, 1.54) is 12.1 Å². The second-order valence-electron chi connectivity index (χ2n) is 4.79. The van der Waals surface area contributed by atoms with Crippen molar-refractivity contribution in [3.63, 3.8) is 0 Å². The zero-order valence-corrected chi connectivity index (χ0v) is 10.4. The van der Waals surface area contributed by atoms with Crippen LogP contribution in [0.25, 0.3) is 0 Å². The van der Waals surface area contributed by atoms with Gasteiger partial charge in [0.2, 0.25) is 0 Å². The van der Waals surface area contributed by atoms with Gasteiger partial charge in [-0.05, 0) is 36.9 Å². The molecule has 1 aliphatic carbocycles. The molecule has 0 bridgehead atoms. The van der Waals surface area contributed by atoms with Crippen molar-refractivity contribution < 1.29 is 13.2 Å². The van der Waals surface area contributed by atoms with Crippen LogP contribution in [0.2, 0.25) is 0 Å². The zero-order valence-electron chi connectivity index (χ0n) is 10.4. The Bertz CT molecular complexity index is 400. The number of hydrogen-bond donors (Lipinski definition) is 1. The smallest absolute Gasteiger partial charge is 0.314 e. The highest BCUT2D eigenvalue weighted by atomic mass is 19.4. The van der Waals surface area contributed by atoms with Gasteiger partial charge in [0.25, 0.3) is 0 Å². The van der Waals surface area contributed by atoms with Gasteiger partial charge in [0.05, 0.1) is 5.56 Å².